The predicted molar refractivity (Wildman–Crippen MR) is 82.4 cm³/mol. The fourth-order valence-corrected chi connectivity index (χ4v) is 2.57. The van der Waals surface area contributed by atoms with Crippen molar-refractivity contribution in [2.75, 3.05) is 24.5 Å². The molecule has 0 spiro atoms. The molecule has 0 aliphatic carbocycles. The topological polar surface area (TPSA) is 88.8 Å². The van der Waals surface area contributed by atoms with Crippen LogP contribution in [0.15, 0.2) is 6.33 Å². The second-order valence-corrected chi connectivity index (χ2v) is 5.52. The van der Waals surface area contributed by atoms with Gasteiger partial charge in [0.2, 0.25) is 5.91 Å². The third-order valence-electron chi connectivity index (χ3n) is 3.96. The minimum atomic E-state index is 0.0306. The molecule has 8 heteroatoms. The Morgan fingerprint density at radius 3 is 2.91 bits per heavy atom. The normalized spacial score (nSPS) is 15.1. The van der Waals surface area contributed by atoms with Gasteiger partial charge in [0, 0.05) is 26.2 Å². The molecule has 1 aliphatic heterocycles. The molecule has 1 N–H and O–H groups in total. The lowest BCUT2D eigenvalue weighted by molar-refractivity contribution is -0.125. The zero-order chi connectivity index (χ0) is 15.5. The average molecular weight is 303 g/mol. The molecule has 2 aromatic rings. The third kappa shape index (κ3) is 2.60. The van der Waals surface area contributed by atoms with Crippen molar-refractivity contribution in [3.8, 4) is 0 Å². The highest BCUT2D eigenvalue weighted by atomic mass is 16.2. The second-order valence-electron chi connectivity index (χ2n) is 5.52. The van der Waals surface area contributed by atoms with E-state index in [1.807, 2.05) is 6.92 Å². The lowest BCUT2D eigenvalue weighted by atomic mass is 9.99. The van der Waals surface area contributed by atoms with Crippen LogP contribution in [0.3, 0.4) is 0 Å². The number of nitrogens with zero attached hydrogens (tertiary/aromatic N) is 6. The molecule has 3 heterocycles. The van der Waals surface area contributed by atoms with Crippen LogP contribution in [0.1, 0.15) is 26.7 Å². The number of hydrogen-bond acceptors (Lipinski definition) is 6. The Morgan fingerprint density at radius 1 is 1.36 bits per heavy atom. The molecule has 22 heavy (non-hydrogen) atoms. The smallest absolute Gasteiger partial charge is 0.226 e. The summed E-state index contributed by atoms with van der Waals surface area (Å²) in [6, 6.07) is 0. The fourth-order valence-electron chi connectivity index (χ4n) is 2.57. The molecule has 1 aliphatic rings. The Kier molecular flexibility index (Phi) is 4.17. The van der Waals surface area contributed by atoms with Crippen molar-refractivity contribution in [2.24, 2.45) is 5.92 Å². The van der Waals surface area contributed by atoms with Crippen molar-refractivity contribution < 1.29 is 4.79 Å². The molecule has 0 radical (unpaired) electrons. The molecule has 0 saturated carbocycles. The number of carbonyl (C=O) groups is 1. The number of fused-ring (bicyclic) bond motifs is 1. The van der Waals surface area contributed by atoms with E-state index in [0.717, 1.165) is 37.4 Å². The van der Waals surface area contributed by atoms with Gasteiger partial charge in [-0.15, -0.1) is 5.10 Å². The molecule has 0 unspecified atom stereocenters. The quantitative estimate of drug-likeness (QED) is 0.786. The minimum Gasteiger partial charge on any atom is -0.356 e. The Morgan fingerprint density at radius 2 is 2.18 bits per heavy atom. The molecule has 0 aromatic carbocycles. The first-order valence-corrected chi connectivity index (χ1v) is 7.81. The monoisotopic (exact) mass is 303 g/mol. The molecule has 118 valence electrons. The van der Waals surface area contributed by atoms with E-state index in [-0.39, 0.29) is 11.8 Å². The first-order chi connectivity index (χ1) is 10.7. The van der Waals surface area contributed by atoms with E-state index in [0.29, 0.717) is 18.6 Å². The van der Waals surface area contributed by atoms with E-state index >= 15 is 0 Å². The highest BCUT2D eigenvalue weighted by Gasteiger charge is 2.34. The largest absolute Gasteiger partial charge is 0.356 e. The maximum Gasteiger partial charge on any atom is 0.226 e. The number of aryl methyl sites for hydroxylation is 1. The zero-order valence-electron chi connectivity index (χ0n) is 13.0. The summed E-state index contributed by atoms with van der Waals surface area (Å²) in [6.07, 6.45) is 3.64. The van der Waals surface area contributed by atoms with Gasteiger partial charge in [-0.25, -0.2) is 14.6 Å². The number of anilines is 1. The summed E-state index contributed by atoms with van der Waals surface area (Å²) >= 11 is 0. The SMILES string of the molecule is CCCCNC(=O)C1CN(c2ncnc3c2nnn3CC)C1. The number of aromatic nitrogens is 5. The summed E-state index contributed by atoms with van der Waals surface area (Å²) in [6.45, 7) is 6.92. The summed E-state index contributed by atoms with van der Waals surface area (Å²) < 4.78 is 1.75. The van der Waals surface area contributed by atoms with E-state index in [9.17, 15) is 4.79 Å². The van der Waals surface area contributed by atoms with Crippen molar-refractivity contribution in [3.05, 3.63) is 6.33 Å². The number of carbonyl (C=O) groups excluding carboxylic acids is 1. The van der Waals surface area contributed by atoms with Gasteiger partial charge in [-0.05, 0) is 13.3 Å². The summed E-state index contributed by atoms with van der Waals surface area (Å²) in [5.74, 6) is 0.928. The summed E-state index contributed by atoms with van der Waals surface area (Å²) in [4.78, 5) is 22.6. The van der Waals surface area contributed by atoms with Crippen LogP contribution in [0.2, 0.25) is 0 Å². The van der Waals surface area contributed by atoms with E-state index in [4.69, 9.17) is 0 Å². The van der Waals surface area contributed by atoms with E-state index in [2.05, 4.69) is 37.4 Å². The third-order valence-corrected chi connectivity index (χ3v) is 3.96. The summed E-state index contributed by atoms with van der Waals surface area (Å²) in [5.41, 5.74) is 1.44. The van der Waals surface area contributed by atoms with Crippen LogP contribution in [0, 0.1) is 5.92 Å². The number of rotatable bonds is 6. The molecule has 8 nitrogen and oxygen atoms in total. The van der Waals surface area contributed by atoms with Gasteiger partial charge in [-0.2, -0.15) is 0 Å². The van der Waals surface area contributed by atoms with Gasteiger partial charge in [-0.3, -0.25) is 4.79 Å². The highest BCUT2D eigenvalue weighted by molar-refractivity contribution is 5.86. The van der Waals surface area contributed by atoms with Gasteiger partial charge in [-0.1, -0.05) is 18.6 Å². The Labute approximate surface area is 128 Å². The second kappa shape index (κ2) is 6.25. The zero-order valence-corrected chi connectivity index (χ0v) is 13.0. The standard InChI is InChI=1S/C14H21N7O/c1-3-5-6-15-14(22)10-7-20(8-10)12-11-13(17-9-16-12)21(4-2)19-18-11/h9-10H,3-8H2,1-2H3,(H,15,22). The number of amides is 1. The van der Waals surface area contributed by atoms with E-state index < -0.39 is 0 Å². The van der Waals surface area contributed by atoms with E-state index in [1.165, 1.54) is 6.33 Å². The average Bonchev–Trinajstić information content (AvgIpc) is 2.90. The van der Waals surface area contributed by atoms with Crippen molar-refractivity contribution >= 4 is 22.9 Å². The Bertz CT molecular complexity index is 662. The first kappa shape index (κ1) is 14.7. The lowest BCUT2D eigenvalue weighted by Gasteiger charge is -2.38. The lowest BCUT2D eigenvalue weighted by Crippen LogP contribution is -2.54. The maximum atomic E-state index is 12.0. The number of nitrogens with one attached hydrogen (secondary N) is 1. The highest BCUT2D eigenvalue weighted by Crippen LogP contribution is 2.27. The molecular weight excluding hydrogens is 282 g/mol. The van der Waals surface area contributed by atoms with Crippen molar-refractivity contribution in [2.45, 2.75) is 33.2 Å². The van der Waals surface area contributed by atoms with Gasteiger partial charge in [0.05, 0.1) is 5.92 Å². The number of hydrogen-bond donors (Lipinski definition) is 1. The minimum absolute atomic E-state index is 0.0306. The molecule has 0 bridgehead atoms. The van der Waals surface area contributed by atoms with Crippen LogP contribution >= 0.6 is 0 Å². The number of unbranched alkanes of at least 4 members (excludes halogenated alkanes) is 1. The van der Waals surface area contributed by atoms with Crippen molar-refractivity contribution in [1.29, 1.82) is 0 Å². The molecule has 0 atom stereocenters. The van der Waals surface area contributed by atoms with Crippen LogP contribution in [-0.2, 0) is 11.3 Å². The van der Waals surface area contributed by atoms with Gasteiger partial charge in [0.25, 0.3) is 0 Å². The molecule has 1 saturated heterocycles. The van der Waals surface area contributed by atoms with E-state index in [1.54, 1.807) is 4.68 Å². The van der Waals surface area contributed by atoms with Crippen LogP contribution in [0.5, 0.6) is 0 Å². The Balaban J connectivity index is 1.66. The summed E-state index contributed by atoms with van der Waals surface area (Å²) in [7, 11) is 0. The van der Waals surface area contributed by atoms with Gasteiger partial charge >= 0.3 is 0 Å². The van der Waals surface area contributed by atoms with Crippen molar-refractivity contribution in [3.63, 3.8) is 0 Å². The molecular formula is C14H21N7O. The fraction of sp³-hybridized carbons (Fsp3) is 0.643. The van der Waals surface area contributed by atoms with Crippen LogP contribution in [-0.4, -0.2) is 50.5 Å². The molecule has 1 amide bonds. The maximum absolute atomic E-state index is 12.0. The Hall–Kier alpha value is -2.25. The molecule has 3 rings (SSSR count). The van der Waals surface area contributed by atoms with Crippen LogP contribution in [0.4, 0.5) is 5.82 Å². The van der Waals surface area contributed by atoms with Gasteiger partial charge in [0.15, 0.2) is 17.0 Å². The molecule has 2 aromatic heterocycles. The van der Waals surface area contributed by atoms with Crippen LogP contribution in [0.25, 0.3) is 11.2 Å². The molecule has 1 fully saturated rings. The van der Waals surface area contributed by atoms with Gasteiger partial charge < -0.3 is 10.2 Å². The first-order valence-electron chi connectivity index (χ1n) is 7.81. The predicted octanol–water partition coefficient (Wildman–Crippen LogP) is 0.594. The van der Waals surface area contributed by atoms with Gasteiger partial charge in [0.1, 0.15) is 6.33 Å². The van der Waals surface area contributed by atoms with Crippen LogP contribution < -0.4 is 10.2 Å². The summed E-state index contributed by atoms with van der Waals surface area (Å²) in [5, 5.41) is 11.2. The van der Waals surface area contributed by atoms with Crippen molar-refractivity contribution in [1.82, 2.24) is 30.3 Å².